The normalized spacial score (nSPS) is 15.9. The average molecular weight is 275 g/mol. The van der Waals surface area contributed by atoms with Crippen LogP contribution in [0.5, 0.6) is 5.75 Å². The highest BCUT2D eigenvalue weighted by Gasteiger charge is 2.22. The molecule has 17 heavy (non-hydrogen) atoms. The summed E-state index contributed by atoms with van der Waals surface area (Å²) in [5.41, 5.74) is 0.846. The van der Waals surface area contributed by atoms with Gasteiger partial charge in [-0.3, -0.25) is 0 Å². The van der Waals surface area contributed by atoms with E-state index in [-0.39, 0.29) is 4.90 Å². The minimum absolute atomic E-state index is 0.0648. The van der Waals surface area contributed by atoms with Gasteiger partial charge in [0.1, 0.15) is 10.6 Å². The van der Waals surface area contributed by atoms with Crippen molar-refractivity contribution in [2.24, 2.45) is 5.92 Å². The van der Waals surface area contributed by atoms with Gasteiger partial charge < -0.3 is 4.74 Å². The van der Waals surface area contributed by atoms with Gasteiger partial charge in [0.25, 0.3) is 9.05 Å². The molecule has 0 aliphatic heterocycles. The van der Waals surface area contributed by atoms with Gasteiger partial charge in [-0.25, -0.2) is 8.42 Å². The Hall–Kier alpha value is -0.740. The molecule has 0 unspecified atom stereocenters. The van der Waals surface area contributed by atoms with E-state index in [1.807, 2.05) is 13.0 Å². The fraction of sp³-hybridized carbons (Fsp3) is 0.500. The van der Waals surface area contributed by atoms with Crippen LogP contribution in [0.4, 0.5) is 0 Å². The highest BCUT2D eigenvalue weighted by molar-refractivity contribution is 8.13. The van der Waals surface area contributed by atoms with Gasteiger partial charge >= 0.3 is 0 Å². The number of rotatable bonds is 5. The molecule has 0 atom stereocenters. The zero-order chi connectivity index (χ0) is 12.5. The predicted octanol–water partition coefficient (Wildman–Crippen LogP) is 3.10. The number of aryl methyl sites for hydroxylation is 1. The third-order valence-corrected chi connectivity index (χ3v) is 4.19. The van der Waals surface area contributed by atoms with Crippen LogP contribution in [0.25, 0.3) is 0 Å². The molecular weight excluding hydrogens is 260 g/mol. The molecular formula is C12H15ClO3S. The monoisotopic (exact) mass is 274 g/mol. The molecule has 1 saturated carbocycles. The molecule has 1 aromatic carbocycles. The number of hydrogen-bond donors (Lipinski definition) is 0. The maximum absolute atomic E-state index is 11.4. The first-order valence-corrected chi connectivity index (χ1v) is 7.96. The van der Waals surface area contributed by atoms with E-state index < -0.39 is 9.05 Å². The van der Waals surface area contributed by atoms with Crippen LogP contribution >= 0.6 is 10.7 Å². The molecule has 2 rings (SSSR count). The maximum Gasteiger partial charge on any atom is 0.264 e. The van der Waals surface area contributed by atoms with Crippen molar-refractivity contribution in [3.05, 3.63) is 23.8 Å². The molecule has 0 radical (unpaired) electrons. The van der Waals surface area contributed by atoms with E-state index in [0.29, 0.717) is 12.4 Å². The molecule has 0 aromatic heterocycles. The standard InChI is InChI=1S/C12H15ClO3S/c1-9-2-5-11(12(8-9)17(13,14)15)16-7-6-10-3-4-10/h2,5,8,10H,3-4,6-7H2,1H3. The maximum atomic E-state index is 11.4. The zero-order valence-electron chi connectivity index (χ0n) is 9.65. The molecule has 5 heteroatoms. The third kappa shape index (κ3) is 3.61. The SMILES string of the molecule is Cc1ccc(OCCC2CC2)c(S(=O)(=O)Cl)c1. The Labute approximate surface area is 106 Å². The van der Waals surface area contributed by atoms with Crippen molar-refractivity contribution in [1.82, 2.24) is 0 Å². The Kier molecular flexibility index (Phi) is 3.64. The number of hydrogen-bond acceptors (Lipinski definition) is 3. The second-order valence-corrected chi connectivity index (χ2v) is 7.00. The molecule has 0 amide bonds. The van der Waals surface area contributed by atoms with Gasteiger partial charge in [0, 0.05) is 10.7 Å². The van der Waals surface area contributed by atoms with Crippen molar-refractivity contribution >= 4 is 19.7 Å². The lowest BCUT2D eigenvalue weighted by atomic mass is 10.2. The van der Waals surface area contributed by atoms with Crippen LogP contribution in [0.3, 0.4) is 0 Å². The average Bonchev–Trinajstić information content (AvgIpc) is 3.02. The van der Waals surface area contributed by atoms with Crippen LogP contribution in [0.2, 0.25) is 0 Å². The lowest BCUT2D eigenvalue weighted by Crippen LogP contribution is -2.03. The summed E-state index contributed by atoms with van der Waals surface area (Å²) in [4.78, 5) is 0.0648. The van der Waals surface area contributed by atoms with Crippen LogP contribution in [0.1, 0.15) is 24.8 Å². The van der Waals surface area contributed by atoms with Crippen molar-refractivity contribution < 1.29 is 13.2 Å². The highest BCUT2D eigenvalue weighted by Crippen LogP contribution is 2.33. The molecule has 3 nitrogen and oxygen atoms in total. The van der Waals surface area contributed by atoms with E-state index in [2.05, 4.69) is 0 Å². The fourth-order valence-corrected chi connectivity index (χ4v) is 2.72. The third-order valence-electron chi connectivity index (χ3n) is 2.84. The molecule has 1 aliphatic rings. The lowest BCUT2D eigenvalue weighted by molar-refractivity contribution is 0.295. The number of benzene rings is 1. The van der Waals surface area contributed by atoms with Crippen molar-refractivity contribution in [3.63, 3.8) is 0 Å². The summed E-state index contributed by atoms with van der Waals surface area (Å²) >= 11 is 0. The minimum Gasteiger partial charge on any atom is -0.492 e. The van der Waals surface area contributed by atoms with Crippen molar-refractivity contribution in [2.45, 2.75) is 31.1 Å². The van der Waals surface area contributed by atoms with Gasteiger partial charge in [-0.2, -0.15) is 0 Å². The molecule has 0 bridgehead atoms. The smallest absolute Gasteiger partial charge is 0.264 e. The summed E-state index contributed by atoms with van der Waals surface area (Å²) in [6.45, 7) is 2.37. The molecule has 1 fully saturated rings. The molecule has 94 valence electrons. The largest absolute Gasteiger partial charge is 0.492 e. The first kappa shape index (κ1) is 12.7. The van der Waals surface area contributed by atoms with E-state index in [0.717, 1.165) is 17.9 Å². The summed E-state index contributed by atoms with van der Waals surface area (Å²) in [5.74, 6) is 1.11. The molecule has 0 spiro atoms. The van der Waals surface area contributed by atoms with Crippen LogP contribution in [-0.2, 0) is 9.05 Å². The van der Waals surface area contributed by atoms with Crippen molar-refractivity contribution in [3.8, 4) is 5.75 Å². The second kappa shape index (κ2) is 4.86. The van der Waals surface area contributed by atoms with E-state index in [1.54, 1.807) is 6.07 Å². The Balaban J connectivity index is 2.13. The number of halogens is 1. The van der Waals surface area contributed by atoms with Gasteiger partial charge in [-0.15, -0.1) is 0 Å². The van der Waals surface area contributed by atoms with E-state index in [9.17, 15) is 8.42 Å². The highest BCUT2D eigenvalue weighted by atomic mass is 35.7. The summed E-state index contributed by atoms with van der Waals surface area (Å²) in [5, 5.41) is 0. The van der Waals surface area contributed by atoms with Gasteiger partial charge in [-0.05, 0) is 37.0 Å². The molecule has 1 aromatic rings. The van der Waals surface area contributed by atoms with E-state index >= 15 is 0 Å². The van der Waals surface area contributed by atoms with Crippen LogP contribution < -0.4 is 4.74 Å². The summed E-state index contributed by atoms with van der Waals surface area (Å²) in [6, 6.07) is 5.02. The molecule has 0 saturated heterocycles. The summed E-state index contributed by atoms with van der Waals surface area (Å²) < 4.78 is 28.3. The first-order chi connectivity index (χ1) is 7.97. The fourth-order valence-electron chi connectivity index (χ4n) is 1.67. The summed E-state index contributed by atoms with van der Waals surface area (Å²) in [7, 11) is 1.64. The Morgan fingerprint density at radius 1 is 1.41 bits per heavy atom. The Morgan fingerprint density at radius 3 is 2.71 bits per heavy atom. The molecule has 0 N–H and O–H groups in total. The predicted molar refractivity (Wildman–Crippen MR) is 67.1 cm³/mol. The quantitative estimate of drug-likeness (QED) is 0.775. The molecule has 0 heterocycles. The first-order valence-electron chi connectivity index (χ1n) is 5.65. The van der Waals surface area contributed by atoms with Crippen molar-refractivity contribution in [1.29, 1.82) is 0 Å². The zero-order valence-corrected chi connectivity index (χ0v) is 11.2. The topological polar surface area (TPSA) is 43.4 Å². The van der Waals surface area contributed by atoms with Gasteiger partial charge in [0.15, 0.2) is 0 Å². The van der Waals surface area contributed by atoms with Crippen molar-refractivity contribution in [2.75, 3.05) is 6.61 Å². The lowest BCUT2D eigenvalue weighted by Gasteiger charge is -2.10. The summed E-state index contributed by atoms with van der Waals surface area (Å²) in [6.07, 6.45) is 3.51. The number of ether oxygens (including phenoxy) is 1. The van der Waals surface area contributed by atoms with Gasteiger partial charge in [0.05, 0.1) is 6.61 Å². The Bertz CT molecular complexity index is 506. The second-order valence-electron chi connectivity index (χ2n) is 4.47. The minimum atomic E-state index is -3.74. The van der Waals surface area contributed by atoms with Crippen LogP contribution in [0.15, 0.2) is 23.1 Å². The van der Waals surface area contributed by atoms with Crippen LogP contribution in [0, 0.1) is 12.8 Å². The van der Waals surface area contributed by atoms with E-state index in [1.165, 1.54) is 18.9 Å². The van der Waals surface area contributed by atoms with E-state index in [4.69, 9.17) is 15.4 Å². The van der Waals surface area contributed by atoms with Gasteiger partial charge in [-0.1, -0.05) is 18.9 Å². The Morgan fingerprint density at radius 2 is 2.12 bits per heavy atom. The van der Waals surface area contributed by atoms with Gasteiger partial charge in [0.2, 0.25) is 0 Å². The van der Waals surface area contributed by atoms with Crippen LogP contribution in [-0.4, -0.2) is 15.0 Å². The molecule has 1 aliphatic carbocycles.